The Kier molecular flexibility index (Phi) is 7.59. The molecule has 0 amide bonds. The van der Waals surface area contributed by atoms with Crippen LogP contribution in [0, 0.1) is 5.92 Å². The molecular formula is C24H23ClN6O5. The number of carboxylic acid groups (broad SMARTS) is 1. The van der Waals surface area contributed by atoms with Crippen LogP contribution < -0.4 is 21.7 Å². The molecule has 1 aromatic carbocycles. The molecule has 0 fully saturated rings. The van der Waals surface area contributed by atoms with Crippen LogP contribution in [0.4, 0.5) is 5.69 Å². The largest absolute Gasteiger partial charge is 0.477 e. The Morgan fingerprint density at radius 3 is 2.69 bits per heavy atom. The number of halogens is 1. The van der Waals surface area contributed by atoms with Gasteiger partial charge in [-0.15, -0.1) is 0 Å². The van der Waals surface area contributed by atoms with Gasteiger partial charge >= 0.3 is 23.4 Å². The molecule has 186 valence electrons. The third kappa shape index (κ3) is 5.87. The molecule has 4 rings (SSSR count). The second kappa shape index (κ2) is 11.0. The molecule has 2 aromatic heterocycles. The van der Waals surface area contributed by atoms with Gasteiger partial charge in [0.1, 0.15) is 5.75 Å². The van der Waals surface area contributed by atoms with E-state index >= 15 is 0 Å². The third-order valence-corrected chi connectivity index (χ3v) is 5.60. The van der Waals surface area contributed by atoms with Crippen molar-refractivity contribution in [3.8, 4) is 11.8 Å². The lowest BCUT2D eigenvalue weighted by molar-refractivity contribution is 0.0689. The summed E-state index contributed by atoms with van der Waals surface area (Å²) < 4.78 is 8.14. The van der Waals surface area contributed by atoms with Crippen LogP contribution in [-0.2, 0) is 13.1 Å². The van der Waals surface area contributed by atoms with Crippen LogP contribution in [0.25, 0.3) is 0 Å². The van der Waals surface area contributed by atoms with Crippen molar-refractivity contribution < 1.29 is 14.6 Å². The predicted molar refractivity (Wildman–Crippen MR) is 132 cm³/mol. The van der Waals surface area contributed by atoms with Gasteiger partial charge in [0, 0.05) is 24.3 Å². The van der Waals surface area contributed by atoms with E-state index in [1.165, 1.54) is 16.8 Å². The van der Waals surface area contributed by atoms with Gasteiger partial charge in [0.25, 0.3) is 0 Å². The fourth-order valence-corrected chi connectivity index (χ4v) is 3.72. The molecule has 1 aliphatic rings. The molecule has 0 radical (unpaired) electrons. The second-order valence-corrected chi connectivity index (χ2v) is 8.42. The van der Waals surface area contributed by atoms with Crippen molar-refractivity contribution in [1.29, 1.82) is 0 Å². The van der Waals surface area contributed by atoms with Crippen molar-refractivity contribution in [3.05, 3.63) is 92.1 Å². The highest BCUT2D eigenvalue weighted by Crippen LogP contribution is 2.22. The molecule has 1 atom stereocenters. The number of rotatable bonds is 8. The summed E-state index contributed by atoms with van der Waals surface area (Å²) in [6.45, 7) is 2.49. The van der Waals surface area contributed by atoms with Gasteiger partial charge < -0.3 is 9.84 Å². The number of ether oxygens (including phenoxy) is 1. The molecule has 2 N–H and O–H groups in total. The van der Waals surface area contributed by atoms with Crippen molar-refractivity contribution in [1.82, 2.24) is 24.1 Å². The van der Waals surface area contributed by atoms with Crippen LogP contribution in [0.1, 0.15) is 30.3 Å². The van der Waals surface area contributed by atoms with E-state index in [4.69, 9.17) is 21.4 Å². The van der Waals surface area contributed by atoms with Crippen LogP contribution in [0.15, 0.2) is 74.4 Å². The summed E-state index contributed by atoms with van der Waals surface area (Å²) in [7, 11) is 0. The van der Waals surface area contributed by atoms with Crippen molar-refractivity contribution in [2.24, 2.45) is 10.9 Å². The summed E-state index contributed by atoms with van der Waals surface area (Å²) >= 11 is 6.02. The maximum atomic E-state index is 13.2. The lowest BCUT2D eigenvalue weighted by Gasteiger charge is -2.17. The number of H-pyrrole nitrogens is 1. The van der Waals surface area contributed by atoms with E-state index in [0.29, 0.717) is 35.9 Å². The monoisotopic (exact) mass is 510 g/mol. The minimum absolute atomic E-state index is 0.0115. The zero-order valence-corrected chi connectivity index (χ0v) is 20.1. The molecule has 0 spiro atoms. The van der Waals surface area contributed by atoms with Crippen molar-refractivity contribution in [2.45, 2.75) is 32.9 Å². The molecule has 36 heavy (non-hydrogen) atoms. The van der Waals surface area contributed by atoms with Crippen LogP contribution in [-0.4, -0.2) is 35.2 Å². The molecule has 12 heteroatoms. The first kappa shape index (κ1) is 24.9. The fourth-order valence-electron chi connectivity index (χ4n) is 3.56. The van der Waals surface area contributed by atoms with Crippen LogP contribution in [0.3, 0.4) is 0 Å². The van der Waals surface area contributed by atoms with Crippen LogP contribution >= 0.6 is 11.6 Å². The molecule has 1 unspecified atom stereocenters. The van der Waals surface area contributed by atoms with Gasteiger partial charge in [-0.1, -0.05) is 30.7 Å². The molecule has 0 aliphatic heterocycles. The maximum absolute atomic E-state index is 13.2. The van der Waals surface area contributed by atoms with Crippen molar-refractivity contribution >= 4 is 23.3 Å². The van der Waals surface area contributed by atoms with E-state index < -0.39 is 17.3 Å². The molecule has 3 aromatic rings. The number of aromatic nitrogens is 5. The Labute approximate surface area is 209 Å². The molecule has 0 saturated carbocycles. The lowest BCUT2D eigenvalue weighted by atomic mass is 10.0. The second-order valence-electron chi connectivity index (χ2n) is 7.98. The predicted octanol–water partition coefficient (Wildman–Crippen LogP) is 2.96. The number of carboxylic acids is 1. The lowest BCUT2D eigenvalue weighted by Crippen LogP contribution is -2.50. The number of hydrogen-bond acceptors (Lipinski definition) is 7. The van der Waals surface area contributed by atoms with Gasteiger partial charge in [-0.25, -0.2) is 28.9 Å². The van der Waals surface area contributed by atoms with E-state index in [-0.39, 0.29) is 29.8 Å². The first-order chi connectivity index (χ1) is 17.3. The Morgan fingerprint density at radius 2 is 2.03 bits per heavy atom. The van der Waals surface area contributed by atoms with Crippen LogP contribution in [0.2, 0.25) is 0 Å². The molecule has 11 nitrogen and oxygen atoms in total. The molecule has 0 saturated heterocycles. The van der Waals surface area contributed by atoms with Crippen LogP contribution in [0.5, 0.6) is 11.8 Å². The number of nitrogens with one attached hydrogen (secondary N) is 1. The summed E-state index contributed by atoms with van der Waals surface area (Å²) in [4.78, 5) is 51.8. The highest BCUT2D eigenvalue weighted by atomic mass is 35.5. The Balaban J connectivity index is 1.66. The number of aromatic amines is 1. The van der Waals surface area contributed by atoms with E-state index in [0.717, 1.165) is 4.57 Å². The fraction of sp³-hybridized carbons (Fsp3) is 0.250. The SMILES string of the molecule is CCCn1c(=O)[nH]/c(=N\c2ccc(Oc3nccc(C(=O)O)n3)cc2)n(CC2C=CC(Cl)=CC2)c1=O. The van der Waals surface area contributed by atoms with E-state index in [2.05, 4.69) is 19.9 Å². The topological polar surface area (TPSA) is 144 Å². The average Bonchev–Trinajstić information content (AvgIpc) is 2.86. The Morgan fingerprint density at radius 1 is 1.25 bits per heavy atom. The summed E-state index contributed by atoms with van der Waals surface area (Å²) in [6.07, 6.45) is 8.18. The highest BCUT2D eigenvalue weighted by molar-refractivity contribution is 6.31. The van der Waals surface area contributed by atoms with Gasteiger partial charge in [-0.05, 0) is 55.2 Å². The highest BCUT2D eigenvalue weighted by Gasteiger charge is 2.15. The Hall–Kier alpha value is -4.25. The summed E-state index contributed by atoms with van der Waals surface area (Å²) in [5.74, 6) is -0.827. The van der Waals surface area contributed by atoms with E-state index in [1.807, 2.05) is 19.1 Å². The first-order valence-corrected chi connectivity index (χ1v) is 11.6. The van der Waals surface area contributed by atoms with Gasteiger partial charge in [0.2, 0.25) is 5.62 Å². The van der Waals surface area contributed by atoms with Gasteiger partial charge in [-0.2, -0.15) is 4.98 Å². The quantitative estimate of drug-likeness (QED) is 0.474. The summed E-state index contributed by atoms with van der Waals surface area (Å²) in [5.41, 5.74) is -0.582. The van der Waals surface area contributed by atoms with Crippen molar-refractivity contribution in [3.63, 3.8) is 0 Å². The van der Waals surface area contributed by atoms with Crippen molar-refractivity contribution in [2.75, 3.05) is 0 Å². The Bertz CT molecular complexity index is 1520. The van der Waals surface area contributed by atoms with E-state index in [9.17, 15) is 14.4 Å². The van der Waals surface area contributed by atoms with Gasteiger partial charge in [0.05, 0.1) is 5.69 Å². The summed E-state index contributed by atoms with van der Waals surface area (Å²) in [6, 6.07) is 7.57. The smallest absolute Gasteiger partial charge is 0.354 e. The third-order valence-electron chi connectivity index (χ3n) is 5.32. The molecule has 0 bridgehead atoms. The number of carbonyl (C=O) groups is 1. The standard InChI is InChI=1S/C24H23ClN6O5/c1-2-13-30-23(34)29-21(31(24(30)35)14-15-3-5-16(25)6-4-15)27-17-7-9-18(10-8-17)36-22-26-12-11-19(28-22)20(32)33/h3,5-12,15H,2,4,13-14H2,1H3,(H,32,33)(H,27,29,34). The zero-order chi connectivity index (χ0) is 25.7. The first-order valence-electron chi connectivity index (χ1n) is 11.2. The molecule has 2 heterocycles. The minimum Gasteiger partial charge on any atom is -0.477 e. The maximum Gasteiger partial charge on any atom is 0.354 e. The minimum atomic E-state index is -1.19. The summed E-state index contributed by atoms with van der Waals surface area (Å²) in [5, 5.41) is 9.70. The van der Waals surface area contributed by atoms with Gasteiger partial charge in [-0.3, -0.25) is 9.55 Å². The van der Waals surface area contributed by atoms with Gasteiger partial charge in [0.15, 0.2) is 5.69 Å². The molecule has 1 aliphatic carbocycles. The number of hydrogen-bond donors (Lipinski definition) is 2. The number of nitrogens with zero attached hydrogens (tertiary/aromatic N) is 5. The number of allylic oxidation sites excluding steroid dienone is 4. The zero-order valence-electron chi connectivity index (χ0n) is 19.3. The normalized spacial score (nSPS) is 15.6. The average molecular weight is 511 g/mol. The van der Waals surface area contributed by atoms with E-state index in [1.54, 1.807) is 30.3 Å². The molecular weight excluding hydrogens is 488 g/mol. The number of benzene rings is 1. The number of aromatic carboxylic acids is 1.